The monoisotopic (exact) mass is 340 g/mol. The van der Waals surface area contributed by atoms with Gasteiger partial charge in [-0.15, -0.1) is 0 Å². The fraction of sp³-hybridized carbons (Fsp3) is 0.235. The van der Waals surface area contributed by atoms with Gasteiger partial charge in [0.25, 0.3) is 5.91 Å². The number of H-pyrrole nitrogens is 1. The molecule has 6 N–H and O–H groups in total. The van der Waals surface area contributed by atoms with E-state index in [1.807, 2.05) is 30.3 Å². The number of hydrogen-bond donors (Lipinski definition) is 4. The first kappa shape index (κ1) is 16.9. The summed E-state index contributed by atoms with van der Waals surface area (Å²) in [5, 5.41) is 4.10. The van der Waals surface area contributed by atoms with Gasteiger partial charge in [0.1, 0.15) is 11.5 Å². The number of para-hydroxylation sites is 1. The van der Waals surface area contributed by atoms with Crippen LogP contribution in [0.2, 0.25) is 0 Å². The average molecular weight is 340 g/mol. The summed E-state index contributed by atoms with van der Waals surface area (Å²) in [5.41, 5.74) is 13.5. The van der Waals surface area contributed by atoms with Crippen molar-refractivity contribution in [3.63, 3.8) is 0 Å². The first-order valence-corrected chi connectivity index (χ1v) is 7.82. The molecule has 25 heavy (non-hydrogen) atoms. The molecule has 0 aliphatic rings. The van der Waals surface area contributed by atoms with Gasteiger partial charge < -0.3 is 26.5 Å². The van der Waals surface area contributed by atoms with E-state index in [1.54, 1.807) is 7.11 Å². The maximum atomic E-state index is 11.7. The van der Waals surface area contributed by atoms with Crippen LogP contribution < -0.4 is 16.8 Å². The number of nitrogens with one attached hydrogen (secondary N) is 2. The van der Waals surface area contributed by atoms with Gasteiger partial charge >= 0.3 is 0 Å². The van der Waals surface area contributed by atoms with Crippen LogP contribution in [0.1, 0.15) is 10.5 Å². The van der Waals surface area contributed by atoms with Crippen molar-refractivity contribution in [1.82, 2.24) is 15.0 Å². The van der Waals surface area contributed by atoms with Crippen LogP contribution in [0.5, 0.6) is 0 Å². The maximum absolute atomic E-state index is 11.7. The number of fused-ring (bicyclic) bond motifs is 1. The van der Waals surface area contributed by atoms with Crippen LogP contribution in [-0.2, 0) is 4.74 Å². The maximum Gasteiger partial charge on any atom is 0.269 e. The molecule has 130 valence electrons. The van der Waals surface area contributed by atoms with Gasteiger partial charge in [0.05, 0.1) is 18.5 Å². The molecule has 0 bridgehead atoms. The summed E-state index contributed by atoms with van der Waals surface area (Å²) in [4.78, 5) is 23.6. The number of rotatable bonds is 7. The van der Waals surface area contributed by atoms with Crippen LogP contribution in [0.15, 0.2) is 36.5 Å². The molecule has 0 aliphatic heterocycles. The minimum atomic E-state index is -0.635. The van der Waals surface area contributed by atoms with E-state index in [-0.39, 0.29) is 11.7 Å². The molecule has 1 aromatic carbocycles. The second kappa shape index (κ2) is 7.29. The Morgan fingerprint density at radius 2 is 2.20 bits per heavy atom. The van der Waals surface area contributed by atoms with Crippen molar-refractivity contribution in [2.24, 2.45) is 11.5 Å². The molecule has 0 fully saturated rings. The lowest BCUT2D eigenvalue weighted by Crippen LogP contribution is -2.33. The molecular formula is C17H20N6O2. The van der Waals surface area contributed by atoms with E-state index < -0.39 is 5.91 Å². The van der Waals surface area contributed by atoms with Crippen molar-refractivity contribution in [1.29, 1.82) is 0 Å². The van der Waals surface area contributed by atoms with Crippen LogP contribution in [-0.4, -0.2) is 47.2 Å². The van der Waals surface area contributed by atoms with Gasteiger partial charge in [0.15, 0.2) is 5.69 Å². The minimum absolute atomic E-state index is 0.110. The number of nitrogens with two attached hydrogens (primary N) is 2. The Morgan fingerprint density at radius 3 is 2.92 bits per heavy atom. The number of nitrogens with zero attached hydrogens (tertiary/aromatic N) is 2. The lowest BCUT2D eigenvalue weighted by atomic mass is 10.2. The van der Waals surface area contributed by atoms with E-state index >= 15 is 0 Å². The summed E-state index contributed by atoms with van der Waals surface area (Å²) >= 11 is 0. The summed E-state index contributed by atoms with van der Waals surface area (Å²) in [6, 6.07) is 9.51. The highest BCUT2D eigenvalue weighted by molar-refractivity contribution is 5.98. The largest absolute Gasteiger partial charge is 0.383 e. The molecule has 1 atom stereocenters. The predicted octanol–water partition coefficient (Wildman–Crippen LogP) is 1.11. The lowest BCUT2D eigenvalue weighted by Gasteiger charge is -2.13. The van der Waals surface area contributed by atoms with Crippen LogP contribution >= 0.6 is 0 Å². The zero-order valence-corrected chi connectivity index (χ0v) is 13.8. The number of aromatic nitrogens is 3. The third kappa shape index (κ3) is 3.76. The Morgan fingerprint density at radius 1 is 1.40 bits per heavy atom. The zero-order valence-electron chi connectivity index (χ0n) is 13.8. The molecule has 3 aromatic rings. The number of amides is 1. The van der Waals surface area contributed by atoms with Crippen LogP contribution in [0.4, 0.5) is 5.82 Å². The van der Waals surface area contributed by atoms with Gasteiger partial charge in [0.2, 0.25) is 0 Å². The number of methoxy groups -OCH3 is 1. The Kier molecular flexibility index (Phi) is 4.92. The Bertz CT molecular complexity index is 859. The number of aromatic amines is 1. The number of primary amides is 1. The SMILES string of the molecule is COCC(N)CNc1cnc(C(N)=O)c(-c2cc3ccccc3[nH]2)n1. The number of benzene rings is 1. The summed E-state index contributed by atoms with van der Waals surface area (Å²) in [6.45, 7) is 0.888. The summed E-state index contributed by atoms with van der Waals surface area (Å²) in [7, 11) is 1.59. The molecule has 3 rings (SSSR count). The first-order valence-electron chi connectivity index (χ1n) is 7.82. The molecule has 0 saturated carbocycles. The summed E-state index contributed by atoms with van der Waals surface area (Å²) < 4.78 is 5.00. The van der Waals surface area contributed by atoms with Crippen LogP contribution in [0, 0.1) is 0 Å². The molecule has 8 nitrogen and oxygen atoms in total. The van der Waals surface area contributed by atoms with Gasteiger partial charge in [-0.05, 0) is 12.1 Å². The second-order valence-electron chi connectivity index (χ2n) is 5.68. The molecule has 1 unspecified atom stereocenters. The molecule has 0 spiro atoms. The van der Waals surface area contributed by atoms with E-state index in [0.29, 0.717) is 30.4 Å². The number of carbonyl (C=O) groups is 1. The molecular weight excluding hydrogens is 320 g/mol. The van der Waals surface area contributed by atoms with Gasteiger partial charge in [-0.3, -0.25) is 4.79 Å². The molecule has 1 amide bonds. The normalized spacial score (nSPS) is 12.2. The third-order valence-corrected chi connectivity index (χ3v) is 3.72. The fourth-order valence-corrected chi connectivity index (χ4v) is 2.55. The standard InChI is InChI=1S/C17H20N6O2/c1-25-9-11(18)7-20-14-8-21-16(17(19)24)15(23-14)13-6-10-4-2-3-5-12(10)22-13/h2-6,8,11,22H,7,9,18H2,1H3,(H2,19,24)(H,20,23). The van der Waals surface area contributed by atoms with E-state index in [9.17, 15) is 4.79 Å². The van der Waals surface area contributed by atoms with Crippen molar-refractivity contribution >= 4 is 22.6 Å². The molecule has 0 saturated heterocycles. The Labute approximate surface area is 144 Å². The highest BCUT2D eigenvalue weighted by Crippen LogP contribution is 2.25. The number of hydrogen-bond acceptors (Lipinski definition) is 6. The smallest absolute Gasteiger partial charge is 0.269 e. The molecule has 0 aliphatic carbocycles. The van der Waals surface area contributed by atoms with Crippen molar-refractivity contribution in [3.8, 4) is 11.4 Å². The topological polar surface area (TPSA) is 132 Å². The third-order valence-electron chi connectivity index (χ3n) is 3.72. The number of anilines is 1. The lowest BCUT2D eigenvalue weighted by molar-refractivity contribution is 0.0996. The number of carbonyl (C=O) groups excluding carboxylic acids is 1. The molecule has 2 heterocycles. The quantitative estimate of drug-likeness (QED) is 0.509. The Balaban J connectivity index is 1.95. The molecule has 2 aromatic heterocycles. The number of ether oxygens (including phenoxy) is 1. The first-order chi connectivity index (χ1) is 12.1. The Hall–Kier alpha value is -2.97. The van der Waals surface area contributed by atoms with E-state index in [4.69, 9.17) is 16.2 Å². The second-order valence-corrected chi connectivity index (χ2v) is 5.68. The van der Waals surface area contributed by atoms with Gasteiger partial charge in [-0.1, -0.05) is 18.2 Å². The summed E-state index contributed by atoms with van der Waals surface area (Å²) in [6.07, 6.45) is 1.46. The molecule has 0 radical (unpaired) electrons. The predicted molar refractivity (Wildman–Crippen MR) is 96.2 cm³/mol. The van der Waals surface area contributed by atoms with Crippen LogP contribution in [0.25, 0.3) is 22.3 Å². The van der Waals surface area contributed by atoms with Crippen molar-refractivity contribution in [2.75, 3.05) is 25.6 Å². The van der Waals surface area contributed by atoms with Crippen molar-refractivity contribution in [3.05, 3.63) is 42.2 Å². The van der Waals surface area contributed by atoms with Crippen LogP contribution in [0.3, 0.4) is 0 Å². The van der Waals surface area contributed by atoms with Gasteiger partial charge in [0, 0.05) is 30.6 Å². The highest BCUT2D eigenvalue weighted by atomic mass is 16.5. The summed E-state index contributed by atoms with van der Waals surface area (Å²) in [5.74, 6) is -0.131. The van der Waals surface area contributed by atoms with E-state index in [0.717, 1.165) is 10.9 Å². The van der Waals surface area contributed by atoms with E-state index in [2.05, 4.69) is 20.3 Å². The van der Waals surface area contributed by atoms with Gasteiger partial charge in [-0.25, -0.2) is 9.97 Å². The van der Waals surface area contributed by atoms with Gasteiger partial charge in [-0.2, -0.15) is 0 Å². The van der Waals surface area contributed by atoms with Crippen molar-refractivity contribution in [2.45, 2.75) is 6.04 Å². The fourth-order valence-electron chi connectivity index (χ4n) is 2.55. The minimum Gasteiger partial charge on any atom is -0.383 e. The highest BCUT2D eigenvalue weighted by Gasteiger charge is 2.17. The average Bonchev–Trinajstić information content (AvgIpc) is 3.04. The van der Waals surface area contributed by atoms with E-state index in [1.165, 1.54) is 6.20 Å². The zero-order chi connectivity index (χ0) is 17.8. The molecule has 8 heteroatoms. The van der Waals surface area contributed by atoms with Crippen molar-refractivity contribution < 1.29 is 9.53 Å².